The first-order valence-electron chi connectivity index (χ1n) is 15.6. The summed E-state index contributed by atoms with van der Waals surface area (Å²) in [5, 5.41) is 22.9. The number of anilines is 1. The minimum Gasteiger partial charge on any atom is -0.508 e. The maximum absolute atomic E-state index is 16.9. The second-order valence-corrected chi connectivity index (χ2v) is 13.0. The number of aromatic hydroxyl groups is 1. The lowest BCUT2D eigenvalue weighted by Gasteiger charge is -2.31. The molecule has 238 valence electrons. The van der Waals surface area contributed by atoms with Crippen LogP contribution in [0, 0.1) is 11.6 Å². The Morgan fingerprint density at radius 3 is 2.82 bits per heavy atom. The Kier molecular flexibility index (Phi) is 7.53. The van der Waals surface area contributed by atoms with Gasteiger partial charge < -0.3 is 24.6 Å². The van der Waals surface area contributed by atoms with Crippen LogP contribution in [0.15, 0.2) is 36.4 Å². The van der Waals surface area contributed by atoms with Crippen molar-refractivity contribution in [1.82, 2.24) is 14.9 Å². The van der Waals surface area contributed by atoms with E-state index in [1.807, 2.05) is 19.1 Å². The molecule has 4 heterocycles. The lowest BCUT2D eigenvalue weighted by atomic mass is 9.92. The highest BCUT2D eigenvalue weighted by molar-refractivity contribution is 6.03. The van der Waals surface area contributed by atoms with E-state index in [0.717, 1.165) is 24.9 Å². The van der Waals surface area contributed by atoms with Crippen molar-refractivity contribution in [3.8, 4) is 22.9 Å². The predicted octanol–water partition coefficient (Wildman–Crippen LogP) is 5.54. The van der Waals surface area contributed by atoms with Crippen molar-refractivity contribution in [2.75, 3.05) is 50.9 Å². The van der Waals surface area contributed by atoms with Gasteiger partial charge in [-0.1, -0.05) is 25.1 Å². The molecule has 3 aromatic carbocycles. The number of halogens is 3. The van der Waals surface area contributed by atoms with E-state index in [0.29, 0.717) is 36.7 Å². The molecule has 3 aliphatic rings. The van der Waals surface area contributed by atoms with Gasteiger partial charge in [0, 0.05) is 24.9 Å². The maximum atomic E-state index is 16.9. The van der Waals surface area contributed by atoms with Gasteiger partial charge in [-0.2, -0.15) is 9.97 Å². The van der Waals surface area contributed by atoms with E-state index in [1.54, 1.807) is 24.0 Å². The molecular weight excluding hydrogens is 585 g/mol. The number of β-amino-alcohol motifs (C(OH)–C–C–N with tert-alkyl or cyclic N) is 1. The number of hydrogen-bond donors (Lipinski definition) is 2. The largest absolute Gasteiger partial charge is 0.508 e. The average molecular weight is 623 g/mol. The van der Waals surface area contributed by atoms with Crippen molar-refractivity contribution in [2.24, 2.45) is 0 Å². The summed E-state index contributed by atoms with van der Waals surface area (Å²) in [5.74, 6) is -1.67. The highest BCUT2D eigenvalue weighted by Crippen LogP contribution is 2.43. The van der Waals surface area contributed by atoms with Crippen LogP contribution in [0.5, 0.6) is 11.8 Å². The van der Waals surface area contributed by atoms with Crippen molar-refractivity contribution < 1.29 is 32.9 Å². The molecule has 3 atom stereocenters. The van der Waals surface area contributed by atoms with E-state index in [-0.39, 0.29) is 66.0 Å². The van der Waals surface area contributed by atoms with Gasteiger partial charge in [-0.3, -0.25) is 4.90 Å². The molecule has 0 amide bonds. The Hall–Kier alpha value is -3.67. The van der Waals surface area contributed by atoms with Gasteiger partial charge in [0.25, 0.3) is 0 Å². The molecule has 0 spiro atoms. The van der Waals surface area contributed by atoms with Gasteiger partial charge in [0.15, 0.2) is 5.82 Å². The molecule has 3 saturated heterocycles. The SMILES string of the molecule is CCc1cccc2cc(O)cc(-c3c(F)cc4c(N5CCOCC(C)(O)C5)nc(OC[C@@]56CCCN5C[C@H](F)C6)nc4c3F)c12. The second kappa shape index (κ2) is 11.3. The summed E-state index contributed by atoms with van der Waals surface area (Å²) in [4.78, 5) is 13.0. The van der Waals surface area contributed by atoms with Crippen LogP contribution in [0.3, 0.4) is 0 Å². The first-order valence-corrected chi connectivity index (χ1v) is 15.6. The molecule has 2 N–H and O–H groups in total. The molecule has 3 fully saturated rings. The second-order valence-electron chi connectivity index (χ2n) is 13.0. The van der Waals surface area contributed by atoms with Crippen molar-refractivity contribution in [3.63, 3.8) is 0 Å². The predicted molar refractivity (Wildman–Crippen MR) is 166 cm³/mol. The number of aryl methyl sites for hydroxylation is 1. The first-order chi connectivity index (χ1) is 21.6. The van der Waals surface area contributed by atoms with Crippen molar-refractivity contribution >= 4 is 27.5 Å². The Bertz CT molecular complexity index is 1790. The first kappa shape index (κ1) is 30.0. The number of alkyl halides is 1. The monoisotopic (exact) mass is 622 g/mol. The zero-order chi connectivity index (χ0) is 31.5. The van der Waals surface area contributed by atoms with Crippen LogP contribution in [0.25, 0.3) is 32.8 Å². The highest BCUT2D eigenvalue weighted by atomic mass is 19.1. The number of aliphatic hydroxyl groups is 1. The van der Waals surface area contributed by atoms with Gasteiger partial charge in [0.1, 0.15) is 41.3 Å². The molecule has 7 rings (SSSR count). The van der Waals surface area contributed by atoms with E-state index in [2.05, 4.69) is 14.9 Å². The number of phenols is 1. The van der Waals surface area contributed by atoms with Crippen LogP contribution in [0.2, 0.25) is 0 Å². The number of fused-ring (bicyclic) bond motifs is 3. The fourth-order valence-corrected chi connectivity index (χ4v) is 7.53. The van der Waals surface area contributed by atoms with Crippen LogP contribution in [0.4, 0.5) is 19.0 Å². The number of rotatable bonds is 6. The summed E-state index contributed by atoms with van der Waals surface area (Å²) >= 11 is 0. The molecule has 45 heavy (non-hydrogen) atoms. The molecule has 1 aromatic heterocycles. The average Bonchev–Trinajstić information content (AvgIpc) is 3.45. The number of ether oxygens (including phenoxy) is 2. The summed E-state index contributed by atoms with van der Waals surface area (Å²) in [6.07, 6.45) is 1.71. The van der Waals surface area contributed by atoms with E-state index in [4.69, 9.17) is 9.47 Å². The molecule has 0 saturated carbocycles. The Labute approximate surface area is 259 Å². The molecule has 11 heteroatoms. The van der Waals surface area contributed by atoms with Gasteiger partial charge in [0.05, 0.1) is 30.9 Å². The highest BCUT2D eigenvalue weighted by Gasteiger charge is 2.49. The van der Waals surface area contributed by atoms with Gasteiger partial charge in [-0.05, 0) is 72.8 Å². The van der Waals surface area contributed by atoms with Gasteiger partial charge in [-0.25, -0.2) is 13.2 Å². The molecule has 8 nitrogen and oxygen atoms in total. The zero-order valence-electron chi connectivity index (χ0n) is 25.5. The van der Waals surface area contributed by atoms with E-state index >= 15 is 8.78 Å². The lowest BCUT2D eigenvalue weighted by Crippen LogP contribution is -2.44. The van der Waals surface area contributed by atoms with Crippen molar-refractivity contribution in [2.45, 2.75) is 56.8 Å². The summed E-state index contributed by atoms with van der Waals surface area (Å²) in [5.41, 5.74) is -1.11. The summed E-state index contributed by atoms with van der Waals surface area (Å²) < 4.78 is 59.3. The standard InChI is InChI=1S/C34H37F3N4O4/c1-3-20-6-4-7-21-12-23(42)13-24(27(20)21)28-26(36)14-25-30(29(28)37)38-32(39-31(25)40-10-11-44-18-33(2,43)17-40)45-19-34-8-5-9-41(34)16-22(35)15-34/h4,6-7,12-14,22,42-43H,3,5,8-11,15-19H2,1-2H3/t22-,33?,34+/m1/s1. The van der Waals surface area contributed by atoms with Gasteiger partial charge in [0.2, 0.25) is 0 Å². The lowest BCUT2D eigenvalue weighted by molar-refractivity contribution is -0.0123. The van der Waals surface area contributed by atoms with Crippen LogP contribution in [0.1, 0.15) is 38.7 Å². The third kappa shape index (κ3) is 5.34. The van der Waals surface area contributed by atoms with Gasteiger partial charge in [-0.15, -0.1) is 0 Å². The zero-order valence-corrected chi connectivity index (χ0v) is 25.5. The van der Waals surface area contributed by atoms with Gasteiger partial charge >= 0.3 is 6.01 Å². The fourth-order valence-electron chi connectivity index (χ4n) is 7.53. The topological polar surface area (TPSA) is 91.2 Å². The molecular formula is C34H37F3N4O4. The third-order valence-electron chi connectivity index (χ3n) is 9.52. The van der Waals surface area contributed by atoms with Crippen LogP contribution in [-0.2, 0) is 11.2 Å². The van der Waals surface area contributed by atoms with Crippen molar-refractivity contribution in [3.05, 3.63) is 53.6 Å². The molecule has 1 unspecified atom stereocenters. The van der Waals surface area contributed by atoms with E-state index in [9.17, 15) is 14.6 Å². The third-order valence-corrected chi connectivity index (χ3v) is 9.52. The molecule has 3 aliphatic heterocycles. The van der Waals surface area contributed by atoms with E-state index < -0.39 is 28.9 Å². The molecule has 4 aromatic rings. The molecule has 0 radical (unpaired) electrons. The van der Waals surface area contributed by atoms with E-state index in [1.165, 1.54) is 12.1 Å². The van der Waals surface area contributed by atoms with Crippen LogP contribution >= 0.6 is 0 Å². The number of phenolic OH excluding ortho intramolecular Hbond substituents is 1. The maximum Gasteiger partial charge on any atom is 0.319 e. The minimum atomic E-state index is -1.24. The smallest absolute Gasteiger partial charge is 0.319 e. The minimum absolute atomic E-state index is 0.0931. The number of nitrogens with zero attached hydrogens (tertiary/aromatic N) is 4. The Balaban J connectivity index is 1.41. The summed E-state index contributed by atoms with van der Waals surface area (Å²) in [7, 11) is 0. The van der Waals surface area contributed by atoms with Crippen LogP contribution in [-0.4, -0.2) is 88.4 Å². The quantitative estimate of drug-likeness (QED) is 0.290. The summed E-state index contributed by atoms with van der Waals surface area (Å²) in [6, 6.07) is 9.59. The number of hydrogen-bond acceptors (Lipinski definition) is 8. The fraction of sp³-hybridized carbons (Fsp3) is 0.471. The molecule has 0 aliphatic carbocycles. The van der Waals surface area contributed by atoms with Crippen LogP contribution < -0.4 is 9.64 Å². The van der Waals surface area contributed by atoms with Crippen molar-refractivity contribution in [1.29, 1.82) is 0 Å². The Morgan fingerprint density at radius 1 is 1.16 bits per heavy atom. The Morgan fingerprint density at radius 2 is 2.00 bits per heavy atom. The molecule has 0 bridgehead atoms. The number of aromatic nitrogens is 2. The summed E-state index contributed by atoms with van der Waals surface area (Å²) in [6.45, 7) is 5.63. The normalized spacial score (nSPS) is 25.6. The number of benzene rings is 3.